The number of hydrogen-bond acceptors (Lipinski definition) is 3. The molecule has 1 aromatic heterocycles. The van der Waals surface area contributed by atoms with Crippen molar-refractivity contribution in [2.45, 2.75) is 0 Å². The Balaban J connectivity index is 0.00000128. The number of nitrogens with zero attached hydrogens (tertiary/aromatic N) is 2. The van der Waals surface area contributed by atoms with E-state index in [1.807, 2.05) is 18.2 Å². The van der Waals surface area contributed by atoms with Gasteiger partial charge in [-0.05, 0) is 11.8 Å². The van der Waals surface area contributed by atoms with Crippen LogP contribution in [0.5, 0.6) is 0 Å². The normalized spacial score (nSPS) is 9.25. The minimum absolute atomic E-state index is 0. The zero-order valence-corrected chi connectivity index (χ0v) is 10.5. The van der Waals surface area contributed by atoms with Crippen molar-refractivity contribution in [3.8, 4) is 11.3 Å². The first-order valence-corrected chi connectivity index (χ1v) is 4.35. The number of pyridine rings is 1. The quantitative estimate of drug-likeness (QED) is 0.449. The molecule has 5 heteroatoms. The molecule has 0 aliphatic heterocycles. The molecule has 0 spiro atoms. The Kier molecular flexibility index (Phi) is 4.28. The topological polar surface area (TPSA) is 56.0 Å². The molecule has 1 aromatic carbocycles. The Morgan fingerprint density at radius 2 is 2.06 bits per heavy atom. The smallest absolute Gasteiger partial charge is 0.190 e. The summed E-state index contributed by atoms with van der Waals surface area (Å²) in [5, 5.41) is 10.4. The van der Waals surface area contributed by atoms with Gasteiger partial charge < -0.3 is 4.98 Å². The van der Waals surface area contributed by atoms with E-state index in [0.29, 0.717) is 0 Å². The van der Waals surface area contributed by atoms with Crippen LogP contribution in [-0.2, 0) is 20.1 Å². The SMILES string of the molecule is O=[N+]([O-])c1c[c-]c(-c2ccccn2)cc1.[Ir]. The zero-order valence-electron chi connectivity index (χ0n) is 8.09. The van der Waals surface area contributed by atoms with Crippen LogP contribution in [0.3, 0.4) is 0 Å². The molecule has 0 aliphatic carbocycles. The molecule has 0 unspecified atom stereocenters. The molecule has 2 aromatic rings. The second-order valence-electron chi connectivity index (χ2n) is 2.93. The largest absolute Gasteiger partial charge is 0.305 e. The molecule has 1 heterocycles. The first-order chi connectivity index (χ1) is 7.27. The van der Waals surface area contributed by atoms with Crippen molar-refractivity contribution in [3.05, 3.63) is 58.8 Å². The first kappa shape index (κ1) is 12.5. The van der Waals surface area contributed by atoms with Crippen LogP contribution < -0.4 is 0 Å². The fraction of sp³-hybridized carbons (Fsp3) is 0. The summed E-state index contributed by atoms with van der Waals surface area (Å²) >= 11 is 0. The van der Waals surface area contributed by atoms with E-state index in [9.17, 15) is 10.1 Å². The Hall–Kier alpha value is -1.58. The average Bonchev–Trinajstić information content (AvgIpc) is 2.30. The summed E-state index contributed by atoms with van der Waals surface area (Å²) in [5.74, 6) is 0. The molecular weight excluding hydrogens is 384 g/mol. The van der Waals surface area contributed by atoms with Crippen molar-refractivity contribution < 1.29 is 25.0 Å². The maximum atomic E-state index is 10.4. The molecule has 16 heavy (non-hydrogen) atoms. The Morgan fingerprint density at radius 1 is 1.25 bits per heavy atom. The van der Waals surface area contributed by atoms with Gasteiger partial charge in [-0.15, -0.1) is 17.7 Å². The molecule has 0 amide bonds. The second kappa shape index (κ2) is 5.49. The monoisotopic (exact) mass is 392 g/mol. The van der Waals surface area contributed by atoms with Gasteiger partial charge in [-0.1, -0.05) is 24.3 Å². The van der Waals surface area contributed by atoms with Gasteiger partial charge in [-0.2, -0.15) is 0 Å². The minimum Gasteiger partial charge on any atom is -0.305 e. The van der Waals surface area contributed by atoms with Gasteiger partial charge in [0.15, 0.2) is 5.69 Å². The molecule has 83 valence electrons. The van der Waals surface area contributed by atoms with Gasteiger partial charge in [-0.25, -0.2) is 0 Å². The maximum Gasteiger partial charge on any atom is 0.190 e. The zero-order chi connectivity index (χ0) is 10.7. The van der Waals surface area contributed by atoms with Crippen LogP contribution in [0, 0.1) is 16.2 Å². The van der Waals surface area contributed by atoms with Crippen LogP contribution >= 0.6 is 0 Å². The Morgan fingerprint density at radius 3 is 2.56 bits per heavy atom. The van der Waals surface area contributed by atoms with E-state index in [-0.39, 0.29) is 25.8 Å². The van der Waals surface area contributed by atoms with E-state index in [1.54, 1.807) is 12.3 Å². The summed E-state index contributed by atoms with van der Waals surface area (Å²) in [7, 11) is 0. The van der Waals surface area contributed by atoms with Crippen molar-refractivity contribution >= 4 is 5.69 Å². The standard InChI is InChI=1S/C11H7N2O2.Ir/c14-13(15)10-6-4-9(5-7-10)11-3-1-2-8-12-11;/h1-4,6-8H;/q-1;. The second-order valence-corrected chi connectivity index (χ2v) is 2.93. The molecule has 0 saturated carbocycles. The maximum absolute atomic E-state index is 10.4. The van der Waals surface area contributed by atoms with E-state index in [4.69, 9.17) is 0 Å². The number of aromatic nitrogens is 1. The average molecular weight is 391 g/mol. The third-order valence-electron chi connectivity index (χ3n) is 1.95. The van der Waals surface area contributed by atoms with E-state index in [1.165, 1.54) is 12.1 Å². The van der Waals surface area contributed by atoms with E-state index in [2.05, 4.69) is 11.1 Å². The number of benzene rings is 1. The fourth-order valence-corrected chi connectivity index (χ4v) is 1.21. The van der Waals surface area contributed by atoms with Crippen molar-refractivity contribution in [2.75, 3.05) is 0 Å². The number of non-ortho nitro benzene ring substituents is 1. The fourth-order valence-electron chi connectivity index (χ4n) is 1.21. The summed E-state index contributed by atoms with van der Waals surface area (Å²) < 4.78 is 0. The molecule has 4 nitrogen and oxygen atoms in total. The molecular formula is C11H7IrN2O2-. The number of nitro benzene ring substituents is 1. The van der Waals surface area contributed by atoms with Gasteiger partial charge in [0.05, 0.1) is 0 Å². The third kappa shape index (κ3) is 2.72. The van der Waals surface area contributed by atoms with Gasteiger partial charge in [0, 0.05) is 31.2 Å². The van der Waals surface area contributed by atoms with Gasteiger partial charge in [0.1, 0.15) is 0 Å². The van der Waals surface area contributed by atoms with Crippen LogP contribution in [0.2, 0.25) is 0 Å². The molecule has 0 aliphatic rings. The summed E-state index contributed by atoms with van der Waals surface area (Å²) in [6.07, 6.45) is 1.67. The van der Waals surface area contributed by atoms with Crippen molar-refractivity contribution in [2.24, 2.45) is 0 Å². The van der Waals surface area contributed by atoms with E-state index in [0.717, 1.165) is 11.3 Å². The van der Waals surface area contributed by atoms with Gasteiger partial charge >= 0.3 is 0 Å². The van der Waals surface area contributed by atoms with Crippen LogP contribution in [0.1, 0.15) is 0 Å². The number of hydrogen-bond donors (Lipinski definition) is 0. The molecule has 0 bridgehead atoms. The van der Waals surface area contributed by atoms with Crippen molar-refractivity contribution in [3.63, 3.8) is 0 Å². The van der Waals surface area contributed by atoms with Gasteiger partial charge in [0.2, 0.25) is 0 Å². The molecule has 1 radical (unpaired) electrons. The van der Waals surface area contributed by atoms with Crippen LogP contribution in [0.4, 0.5) is 5.69 Å². The Labute approximate surface area is 106 Å². The minimum atomic E-state index is -0.446. The van der Waals surface area contributed by atoms with Gasteiger partial charge in [-0.3, -0.25) is 10.1 Å². The summed E-state index contributed by atoms with van der Waals surface area (Å²) in [6, 6.07) is 12.8. The van der Waals surface area contributed by atoms with Crippen LogP contribution in [-0.4, -0.2) is 9.91 Å². The predicted octanol–water partition coefficient (Wildman–Crippen LogP) is 2.45. The van der Waals surface area contributed by atoms with Crippen LogP contribution in [0.25, 0.3) is 11.3 Å². The predicted molar refractivity (Wildman–Crippen MR) is 55.2 cm³/mol. The molecule has 2 rings (SSSR count). The van der Waals surface area contributed by atoms with Crippen molar-refractivity contribution in [1.29, 1.82) is 0 Å². The van der Waals surface area contributed by atoms with E-state index < -0.39 is 4.92 Å². The summed E-state index contributed by atoms with van der Waals surface area (Å²) in [6.45, 7) is 0. The van der Waals surface area contributed by atoms with Crippen molar-refractivity contribution in [1.82, 2.24) is 4.98 Å². The number of rotatable bonds is 2. The number of nitro groups is 1. The Bertz CT molecular complexity index is 471. The third-order valence-corrected chi connectivity index (χ3v) is 1.95. The molecule has 0 saturated heterocycles. The first-order valence-electron chi connectivity index (χ1n) is 4.35. The van der Waals surface area contributed by atoms with E-state index >= 15 is 0 Å². The summed E-state index contributed by atoms with van der Waals surface area (Å²) in [4.78, 5) is 14.1. The molecule has 0 N–H and O–H groups in total. The van der Waals surface area contributed by atoms with Crippen LogP contribution in [0.15, 0.2) is 42.6 Å². The molecule has 0 atom stereocenters. The molecule has 0 fully saturated rings. The summed E-state index contributed by atoms with van der Waals surface area (Å²) in [5.41, 5.74) is 1.54. The van der Waals surface area contributed by atoms with Gasteiger partial charge in [0.25, 0.3) is 0 Å².